The number of nitrogens with zero attached hydrogens (tertiary/aromatic N) is 4. The number of carbonyl (C=O) groups is 1. The first-order chi connectivity index (χ1) is 12.7. The van der Waals surface area contributed by atoms with E-state index in [0.29, 0.717) is 18.0 Å². The SMILES string of the molecule is COc1ccc(OCc2cn(CC(=O)NCc3cccnc3)nn2)cc1. The van der Waals surface area contributed by atoms with Crippen molar-refractivity contribution in [2.24, 2.45) is 0 Å². The number of carbonyl (C=O) groups excluding carboxylic acids is 1. The van der Waals surface area contributed by atoms with E-state index in [1.807, 2.05) is 36.4 Å². The van der Waals surface area contributed by atoms with E-state index in [9.17, 15) is 4.79 Å². The van der Waals surface area contributed by atoms with E-state index in [4.69, 9.17) is 9.47 Å². The zero-order chi connectivity index (χ0) is 18.2. The normalized spacial score (nSPS) is 10.3. The van der Waals surface area contributed by atoms with E-state index in [1.165, 1.54) is 4.68 Å². The van der Waals surface area contributed by atoms with Gasteiger partial charge in [0, 0.05) is 18.9 Å². The summed E-state index contributed by atoms with van der Waals surface area (Å²) in [7, 11) is 1.61. The second kappa shape index (κ2) is 8.61. The third-order valence-corrected chi connectivity index (χ3v) is 3.55. The van der Waals surface area contributed by atoms with Gasteiger partial charge in [0.15, 0.2) is 0 Å². The lowest BCUT2D eigenvalue weighted by molar-refractivity contribution is -0.122. The van der Waals surface area contributed by atoms with Crippen LogP contribution >= 0.6 is 0 Å². The Balaban J connectivity index is 1.45. The number of hydrogen-bond donors (Lipinski definition) is 1. The third-order valence-electron chi connectivity index (χ3n) is 3.55. The number of ether oxygens (including phenoxy) is 2. The molecule has 0 aliphatic rings. The maximum Gasteiger partial charge on any atom is 0.242 e. The Morgan fingerprint density at radius 1 is 1.19 bits per heavy atom. The maximum atomic E-state index is 12.0. The van der Waals surface area contributed by atoms with Crippen LogP contribution in [0.15, 0.2) is 55.0 Å². The lowest BCUT2D eigenvalue weighted by Crippen LogP contribution is -2.27. The Bertz CT molecular complexity index is 834. The molecule has 0 fully saturated rings. The minimum atomic E-state index is -0.152. The fourth-order valence-electron chi connectivity index (χ4n) is 2.22. The van der Waals surface area contributed by atoms with Gasteiger partial charge in [-0.3, -0.25) is 9.78 Å². The third kappa shape index (κ3) is 5.04. The van der Waals surface area contributed by atoms with Crippen molar-refractivity contribution < 1.29 is 14.3 Å². The molecule has 0 bridgehead atoms. The quantitative estimate of drug-likeness (QED) is 0.661. The Morgan fingerprint density at radius 2 is 2.00 bits per heavy atom. The van der Waals surface area contributed by atoms with Crippen LogP contribution in [0.1, 0.15) is 11.3 Å². The van der Waals surface area contributed by atoms with Crippen LogP contribution in [0.2, 0.25) is 0 Å². The zero-order valence-electron chi connectivity index (χ0n) is 14.3. The Hall–Kier alpha value is -3.42. The summed E-state index contributed by atoms with van der Waals surface area (Å²) in [4.78, 5) is 16.0. The predicted molar refractivity (Wildman–Crippen MR) is 93.4 cm³/mol. The number of methoxy groups -OCH3 is 1. The van der Waals surface area contributed by atoms with E-state index in [1.54, 1.807) is 25.7 Å². The van der Waals surface area contributed by atoms with Gasteiger partial charge in [0.05, 0.1) is 13.3 Å². The molecule has 1 N–H and O–H groups in total. The van der Waals surface area contributed by atoms with Gasteiger partial charge in [0.25, 0.3) is 0 Å². The molecule has 0 radical (unpaired) electrons. The summed E-state index contributed by atoms with van der Waals surface area (Å²) in [5.41, 5.74) is 1.58. The van der Waals surface area contributed by atoms with Crippen LogP contribution in [0.25, 0.3) is 0 Å². The summed E-state index contributed by atoms with van der Waals surface area (Å²) in [5, 5.41) is 10.8. The van der Waals surface area contributed by atoms with Crippen LogP contribution in [0.4, 0.5) is 0 Å². The van der Waals surface area contributed by atoms with Gasteiger partial charge in [-0.05, 0) is 35.9 Å². The van der Waals surface area contributed by atoms with E-state index in [2.05, 4.69) is 20.6 Å². The fraction of sp³-hybridized carbons (Fsp3) is 0.222. The van der Waals surface area contributed by atoms with Crippen LogP contribution in [-0.2, 0) is 24.5 Å². The average Bonchev–Trinajstić information content (AvgIpc) is 3.13. The highest BCUT2D eigenvalue weighted by Gasteiger charge is 2.07. The first-order valence-electron chi connectivity index (χ1n) is 8.04. The number of aromatic nitrogens is 4. The highest BCUT2D eigenvalue weighted by molar-refractivity contribution is 5.75. The van der Waals surface area contributed by atoms with Crippen molar-refractivity contribution in [1.82, 2.24) is 25.3 Å². The van der Waals surface area contributed by atoms with E-state index in [-0.39, 0.29) is 19.1 Å². The number of rotatable bonds is 8. The van der Waals surface area contributed by atoms with Gasteiger partial charge in [-0.1, -0.05) is 11.3 Å². The molecular weight excluding hydrogens is 334 g/mol. The molecule has 0 saturated heterocycles. The van der Waals surface area contributed by atoms with Gasteiger partial charge in [0.1, 0.15) is 30.3 Å². The van der Waals surface area contributed by atoms with E-state index in [0.717, 1.165) is 11.3 Å². The van der Waals surface area contributed by atoms with E-state index >= 15 is 0 Å². The molecular formula is C18H19N5O3. The van der Waals surface area contributed by atoms with Crippen LogP contribution < -0.4 is 14.8 Å². The van der Waals surface area contributed by atoms with Gasteiger partial charge in [-0.2, -0.15) is 0 Å². The summed E-state index contributed by atoms with van der Waals surface area (Å²) in [6.45, 7) is 0.786. The molecule has 0 aliphatic carbocycles. The molecule has 26 heavy (non-hydrogen) atoms. The van der Waals surface area contributed by atoms with Crippen LogP contribution in [0.3, 0.4) is 0 Å². The Kier molecular flexibility index (Phi) is 5.76. The largest absolute Gasteiger partial charge is 0.497 e. The number of benzene rings is 1. The lowest BCUT2D eigenvalue weighted by Gasteiger charge is -2.05. The first kappa shape index (κ1) is 17.4. The molecule has 0 unspecified atom stereocenters. The average molecular weight is 353 g/mol. The molecule has 0 atom stereocenters. The topological polar surface area (TPSA) is 91.2 Å². The van der Waals surface area contributed by atoms with Crippen LogP contribution in [-0.4, -0.2) is 33.0 Å². The smallest absolute Gasteiger partial charge is 0.242 e. The van der Waals surface area contributed by atoms with Crippen molar-refractivity contribution in [2.45, 2.75) is 19.7 Å². The molecule has 0 aliphatic heterocycles. The molecule has 134 valence electrons. The lowest BCUT2D eigenvalue weighted by atomic mass is 10.3. The maximum absolute atomic E-state index is 12.0. The summed E-state index contributed by atoms with van der Waals surface area (Å²) in [6, 6.07) is 11.0. The predicted octanol–water partition coefficient (Wildman–Crippen LogP) is 1.58. The van der Waals surface area contributed by atoms with Crippen molar-refractivity contribution in [3.05, 3.63) is 66.2 Å². The fourth-order valence-corrected chi connectivity index (χ4v) is 2.22. The highest BCUT2D eigenvalue weighted by atomic mass is 16.5. The first-order valence-corrected chi connectivity index (χ1v) is 8.04. The molecule has 0 spiro atoms. The summed E-state index contributed by atoms with van der Waals surface area (Å²) in [5.74, 6) is 1.32. The van der Waals surface area contributed by atoms with Gasteiger partial charge in [-0.15, -0.1) is 5.10 Å². The minimum absolute atomic E-state index is 0.0931. The standard InChI is InChI=1S/C18H19N5O3/c1-25-16-4-6-17(7-5-16)26-13-15-11-23(22-21-15)12-18(24)20-10-14-3-2-8-19-9-14/h2-9,11H,10,12-13H2,1H3,(H,20,24). The number of hydrogen-bond acceptors (Lipinski definition) is 6. The summed E-state index contributed by atoms with van der Waals surface area (Å²) >= 11 is 0. The second-order valence-corrected chi connectivity index (χ2v) is 5.51. The summed E-state index contributed by atoms with van der Waals surface area (Å²) in [6.07, 6.45) is 5.09. The molecule has 1 aromatic carbocycles. The molecule has 0 saturated carbocycles. The molecule has 1 amide bonds. The Labute approximate surface area is 150 Å². The molecule has 8 nitrogen and oxygen atoms in total. The van der Waals surface area contributed by atoms with Crippen molar-refractivity contribution in [1.29, 1.82) is 0 Å². The molecule has 3 aromatic rings. The molecule has 2 heterocycles. The van der Waals surface area contributed by atoms with Crippen molar-refractivity contribution in [3.63, 3.8) is 0 Å². The second-order valence-electron chi connectivity index (χ2n) is 5.51. The van der Waals surface area contributed by atoms with Gasteiger partial charge < -0.3 is 14.8 Å². The van der Waals surface area contributed by atoms with Crippen molar-refractivity contribution in [3.8, 4) is 11.5 Å². The molecule has 3 rings (SSSR count). The van der Waals surface area contributed by atoms with Gasteiger partial charge in [0.2, 0.25) is 5.91 Å². The minimum Gasteiger partial charge on any atom is -0.497 e. The molecule has 8 heteroatoms. The van der Waals surface area contributed by atoms with Gasteiger partial charge in [-0.25, -0.2) is 4.68 Å². The van der Waals surface area contributed by atoms with Crippen LogP contribution in [0.5, 0.6) is 11.5 Å². The van der Waals surface area contributed by atoms with Crippen molar-refractivity contribution >= 4 is 5.91 Å². The zero-order valence-corrected chi connectivity index (χ0v) is 14.3. The van der Waals surface area contributed by atoms with Crippen molar-refractivity contribution in [2.75, 3.05) is 7.11 Å². The van der Waals surface area contributed by atoms with Gasteiger partial charge >= 0.3 is 0 Å². The highest BCUT2D eigenvalue weighted by Crippen LogP contribution is 2.17. The summed E-state index contributed by atoms with van der Waals surface area (Å²) < 4.78 is 12.2. The monoisotopic (exact) mass is 353 g/mol. The van der Waals surface area contributed by atoms with Crippen LogP contribution in [0, 0.1) is 0 Å². The van der Waals surface area contributed by atoms with E-state index < -0.39 is 0 Å². The number of amides is 1. The number of nitrogens with one attached hydrogen (secondary N) is 1. The molecule has 2 aromatic heterocycles. The Morgan fingerprint density at radius 3 is 2.73 bits per heavy atom. The number of pyridine rings is 1.